The number of hydrogen-bond acceptors (Lipinski definition) is 5. The monoisotopic (exact) mass is 343 g/mol. The van der Waals surface area contributed by atoms with Crippen molar-refractivity contribution in [2.75, 3.05) is 13.7 Å². The van der Waals surface area contributed by atoms with E-state index in [1.54, 1.807) is 7.11 Å². The summed E-state index contributed by atoms with van der Waals surface area (Å²) in [6, 6.07) is 7.85. The van der Waals surface area contributed by atoms with Crippen molar-refractivity contribution < 1.29 is 14.1 Å². The number of benzene rings is 1. The molecule has 1 aromatic carbocycles. The SMILES string of the molecule is COc1ccc(-c2noc(CCC(=O)N3CCC[C@@H]3C(C)C)n2)cc1. The Hall–Kier alpha value is -2.37. The van der Waals surface area contributed by atoms with Crippen LogP contribution >= 0.6 is 0 Å². The van der Waals surface area contributed by atoms with Crippen LogP contribution in [0.25, 0.3) is 11.4 Å². The fourth-order valence-electron chi connectivity index (χ4n) is 3.37. The molecule has 1 fully saturated rings. The van der Waals surface area contributed by atoms with Crippen LogP contribution in [0, 0.1) is 5.92 Å². The molecular formula is C19H25N3O3. The molecule has 0 N–H and O–H groups in total. The Bertz CT molecular complexity index is 709. The summed E-state index contributed by atoms with van der Waals surface area (Å²) in [4.78, 5) is 18.9. The van der Waals surface area contributed by atoms with Gasteiger partial charge in [0.05, 0.1) is 7.11 Å². The molecule has 1 saturated heterocycles. The fraction of sp³-hybridized carbons (Fsp3) is 0.526. The highest BCUT2D eigenvalue weighted by Gasteiger charge is 2.30. The Morgan fingerprint density at radius 2 is 2.12 bits per heavy atom. The summed E-state index contributed by atoms with van der Waals surface area (Å²) < 4.78 is 10.4. The summed E-state index contributed by atoms with van der Waals surface area (Å²) in [6.45, 7) is 5.22. The van der Waals surface area contributed by atoms with E-state index in [0.29, 0.717) is 36.5 Å². The van der Waals surface area contributed by atoms with Gasteiger partial charge in [0.25, 0.3) is 0 Å². The molecule has 25 heavy (non-hydrogen) atoms. The topological polar surface area (TPSA) is 68.5 Å². The Kier molecular flexibility index (Phi) is 5.36. The molecular weight excluding hydrogens is 318 g/mol. The molecule has 0 radical (unpaired) electrons. The van der Waals surface area contributed by atoms with Crippen LogP contribution in [-0.4, -0.2) is 40.6 Å². The van der Waals surface area contributed by atoms with Gasteiger partial charge in [0.15, 0.2) is 0 Å². The van der Waals surface area contributed by atoms with E-state index in [0.717, 1.165) is 30.7 Å². The van der Waals surface area contributed by atoms with Crippen LogP contribution in [0.1, 0.15) is 39.0 Å². The van der Waals surface area contributed by atoms with E-state index >= 15 is 0 Å². The molecule has 0 bridgehead atoms. The minimum atomic E-state index is 0.181. The summed E-state index contributed by atoms with van der Waals surface area (Å²) in [5.74, 6) is 2.49. The average molecular weight is 343 g/mol. The van der Waals surface area contributed by atoms with E-state index in [1.807, 2.05) is 29.2 Å². The lowest BCUT2D eigenvalue weighted by atomic mass is 10.0. The predicted octanol–water partition coefficient (Wildman–Crippen LogP) is 3.32. The lowest BCUT2D eigenvalue weighted by Crippen LogP contribution is -2.38. The third kappa shape index (κ3) is 4.00. The van der Waals surface area contributed by atoms with Gasteiger partial charge in [-0.2, -0.15) is 4.98 Å². The third-order valence-electron chi connectivity index (χ3n) is 4.76. The summed E-state index contributed by atoms with van der Waals surface area (Å²) in [5.41, 5.74) is 0.863. The molecule has 2 heterocycles. The number of aromatic nitrogens is 2. The maximum atomic E-state index is 12.5. The second-order valence-electron chi connectivity index (χ2n) is 6.78. The second-order valence-corrected chi connectivity index (χ2v) is 6.78. The zero-order chi connectivity index (χ0) is 17.8. The summed E-state index contributed by atoms with van der Waals surface area (Å²) >= 11 is 0. The molecule has 1 aliphatic heterocycles. The van der Waals surface area contributed by atoms with Gasteiger partial charge in [-0.15, -0.1) is 0 Å². The third-order valence-corrected chi connectivity index (χ3v) is 4.76. The van der Waals surface area contributed by atoms with Crippen LogP contribution < -0.4 is 4.74 Å². The van der Waals surface area contributed by atoms with Gasteiger partial charge in [-0.3, -0.25) is 4.79 Å². The van der Waals surface area contributed by atoms with Crippen molar-refractivity contribution in [3.8, 4) is 17.1 Å². The number of aryl methyl sites for hydroxylation is 1. The first-order chi connectivity index (χ1) is 12.1. The Balaban J connectivity index is 1.59. The summed E-state index contributed by atoms with van der Waals surface area (Å²) in [6.07, 6.45) is 3.08. The average Bonchev–Trinajstić information content (AvgIpc) is 3.29. The maximum Gasteiger partial charge on any atom is 0.227 e. The standard InChI is InChI=1S/C19H25N3O3/c1-13(2)16-5-4-12-22(16)18(23)11-10-17-20-19(21-25-17)14-6-8-15(24-3)9-7-14/h6-9,13,16H,4-5,10-12H2,1-3H3/t16-/m1/s1. The molecule has 0 spiro atoms. The summed E-state index contributed by atoms with van der Waals surface area (Å²) in [7, 11) is 1.63. The molecule has 6 nitrogen and oxygen atoms in total. The number of nitrogens with zero attached hydrogens (tertiary/aromatic N) is 3. The lowest BCUT2D eigenvalue weighted by Gasteiger charge is -2.27. The molecule has 6 heteroatoms. The van der Waals surface area contributed by atoms with Gasteiger partial charge in [-0.25, -0.2) is 0 Å². The molecule has 0 saturated carbocycles. The maximum absolute atomic E-state index is 12.5. The molecule has 1 aliphatic rings. The Labute approximate surface area is 148 Å². The van der Waals surface area contributed by atoms with Crippen LogP contribution in [0.2, 0.25) is 0 Å². The van der Waals surface area contributed by atoms with Gasteiger partial charge in [-0.05, 0) is 43.0 Å². The van der Waals surface area contributed by atoms with Gasteiger partial charge in [0.2, 0.25) is 17.6 Å². The number of carbonyl (C=O) groups excluding carboxylic acids is 1. The van der Waals surface area contributed by atoms with E-state index in [4.69, 9.17) is 9.26 Å². The quantitative estimate of drug-likeness (QED) is 0.805. The second kappa shape index (κ2) is 7.68. The van der Waals surface area contributed by atoms with Gasteiger partial charge < -0.3 is 14.2 Å². The van der Waals surface area contributed by atoms with Crippen molar-refractivity contribution in [1.82, 2.24) is 15.0 Å². The van der Waals surface area contributed by atoms with E-state index in [2.05, 4.69) is 24.0 Å². The first-order valence-electron chi connectivity index (χ1n) is 8.85. The van der Waals surface area contributed by atoms with Crippen LogP contribution in [0.3, 0.4) is 0 Å². The van der Waals surface area contributed by atoms with Gasteiger partial charge in [-0.1, -0.05) is 19.0 Å². The van der Waals surface area contributed by atoms with E-state index < -0.39 is 0 Å². The molecule has 1 amide bonds. The van der Waals surface area contributed by atoms with Crippen molar-refractivity contribution >= 4 is 5.91 Å². The highest BCUT2D eigenvalue weighted by Crippen LogP contribution is 2.25. The van der Waals surface area contributed by atoms with Gasteiger partial charge in [0.1, 0.15) is 5.75 Å². The van der Waals surface area contributed by atoms with Crippen LogP contribution in [0.4, 0.5) is 0 Å². The zero-order valence-electron chi connectivity index (χ0n) is 15.1. The highest BCUT2D eigenvalue weighted by molar-refractivity contribution is 5.77. The van der Waals surface area contributed by atoms with Gasteiger partial charge in [0, 0.05) is 31.0 Å². The lowest BCUT2D eigenvalue weighted by molar-refractivity contribution is -0.132. The smallest absolute Gasteiger partial charge is 0.227 e. The molecule has 2 aromatic rings. The molecule has 134 valence electrons. The number of ether oxygens (including phenoxy) is 1. The van der Waals surface area contributed by atoms with Crippen molar-refractivity contribution in [3.05, 3.63) is 30.2 Å². The van der Waals surface area contributed by atoms with Crippen molar-refractivity contribution in [2.24, 2.45) is 5.92 Å². The van der Waals surface area contributed by atoms with Crippen LogP contribution in [0.15, 0.2) is 28.8 Å². The Morgan fingerprint density at radius 1 is 1.36 bits per heavy atom. The normalized spacial score (nSPS) is 17.3. The number of carbonyl (C=O) groups is 1. The predicted molar refractivity (Wildman–Crippen MR) is 94.2 cm³/mol. The van der Waals surface area contributed by atoms with Crippen LogP contribution in [0.5, 0.6) is 5.75 Å². The Morgan fingerprint density at radius 3 is 2.80 bits per heavy atom. The first-order valence-corrected chi connectivity index (χ1v) is 8.85. The first kappa shape index (κ1) is 17.5. The summed E-state index contributed by atoms with van der Waals surface area (Å²) in [5, 5.41) is 4.01. The van der Waals surface area contributed by atoms with E-state index in [1.165, 1.54) is 0 Å². The highest BCUT2D eigenvalue weighted by atomic mass is 16.5. The number of likely N-dealkylation sites (tertiary alicyclic amines) is 1. The fourth-order valence-corrected chi connectivity index (χ4v) is 3.37. The van der Waals surface area contributed by atoms with Gasteiger partial charge >= 0.3 is 0 Å². The van der Waals surface area contributed by atoms with E-state index in [9.17, 15) is 4.79 Å². The zero-order valence-corrected chi connectivity index (χ0v) is 15.1. The van der Waals surface area contributed by atoms with Crippen molar-refractivity contribution in [2.45, 2.75) is 45.6 Å². The molecule has 0 unspecified atom stereocenters. The van der Waals surface area contributed by atoms with Crippen molar-refractivity contribution in [1.29, 1.82) is 0 Å². The van der Waals surface area contributed by atoms with E-state index in [-0.39, 0.29) is 5.91 Å². The molecule has 1 atom stereocenters. The number of amides is 1. The molecule has 1 aromatic heterocycles. The van der Waals surface area contributed by atoms with Crippen molar-refractivity contribution in [3.63, 3.8) is 0 Å². The van der Waals surface area contributed by atoms with Crippen LogP contribution in [-0.2, 0) is 11.2 Å². The molecule has 3 rings (SSSR count). The number of methoxy groups -OCH3 is 1. The minimum absolute atomic E-state index is 0.181. The molecule has 0 aliphatic carbocycles. The minimum Gasteiger partial charge on any atom is -0.497 e. The largest absolute Gasteiger partial charge is 0.497 e. The number of hydrogen-bond donors (Lipinski definition) is 0. The number of rotatable bonds is 6.